The number of nitrogens with one attached hydrogen (secondary N) is 1. The molecular weight excluding hydrogens is 289 g/mol. The summed E-state index contributed by atoms with van der Waals surface area (Å²) < 4.78 is 0.972. The number of hydrogen-bond acceptors (Lipinski definition) is 1. The Morgan fingerprint density at radius 1 is 1.44 bits per heavy atom. The maximum Gasteiger partial charge on any atom is 0.251 e. The fraction of sp³-hybridized carbons (Fsp3) is 0.417. The molecule has 0 spiro atoms. The number of benzene rings is 1. The fourth-order valence-electron chi connectivity index (χ4n) is 1.29. The first-order chi connectivity index (χ1) is 7.59. The van der Waals surface area contributed by atoms with Gasteiger partial charge < -0.3 is 5.32 Å². The van der Waals surface area contributed by atoms with Crippen LogP contribution in [0.15, 0.2) is 28.7 Å². The molecule has 1 unspecified atom stereocenters. The summed E-state index contributed by atoms with van der Waals surface area (Å²) in [6.45, 7) is 2.63. The Hall–Kier alpha value is -0.540. The van der Waals surface area contributed by atoms with Gasteiger partial charge in [0, 0.05) is 22.0 Å². The van der Waals surface area contributed by atoms with Gasteiger partial charge in [0.2, 0.25) is 0 Å². The highest BCUT2D eigenvalue weighted by Crippen LogP contribution is 2.10. The molecule has 0 saturated heterocycles. The summed E-state index contributed by atoms with van der Waals surface area (Å²) in [4.78, 5) is 11.6. The van der Waals surface area contributed by atoms with E-state index in [2.05, 4.69) is 21.2 Å². The molecule has 1 aromatic carbocycles. The predicted octanol–water partition coefficient (Wildman–Crippen LogP) is 3.59. The molecule has 4 heteroatoms. The van der Waals surface area contributed by atoms with Gasteiger partial charge in [-0.25, -0.2) is 0 Å². The summed E-state index contributed by atoms with van der Waals surface area (Å²) in [5, 5.41) is 3.03. The normalized spacial score (nSPS) is 12.2. The van der Waals surface area contributed by atoms with E-state index in [1.54, 1.807) is 12.1 Å². The Morgan fingerprint density at radius 3 is 2.62 bits per heavy atom. The lowest BCUT2D eigenvalue weighted by Crippen LogP contribution is -2.24. The number of alkyl halides is 1. The topological polar surface area (TPSA) is 29.1 Å². The zero-order valence-electron chi connectivity index (χ0n) is 9.17. The maximum absolute atomic E-state index is 11.6. The summed E-state index contributed by atoms with van der Waals surface area (Å²) in [6, 6.07) is 7.30. The molecule has 88 valence electrons. The van der Waals surface area contributed by atoms with Gasteiger partial charge in [0.25, 0.3) is 5.91 Å². The van der Waals surface area contributed by atoms with Gasteiger partial charge in [-0.15, -0.1) is 11.6 Å². The molecule has 0 saturated carbocycles. The molecule has 0 aliphatic heterocycles. The third kappa shape index (κ3) is 4.99. The second kappa shape index (κ2) is 6.92. The molecule has 2 nitrogen and oxygen atoms in total. The highest BCUT2D eigenvalue weighted by Gasteiger charge is 2.04. The second-order valence-corrected chi connectivity index (χ2v) is 5.35. The molecule has 0 aromatic heterocycles. The van der Waals surface area contributed by atoms with E-state index >= 15 is 0 Å². The molecular formula is C12H15BrClNO. The minimum Gasteiger partial charge on any atom is -0.352 e. The minimum absolute atomic E-state index is 0.0327. The van der Waals surface area contributed by atoms with Crippen LogP contribution in [0.2, 0.25) is 0 Å². The lowest BCUT2D eigenvalue weighted by atomic mass is 10.2. The Bertz CT molecular complexity index is 337. The van der Waals surface area contributed by atoms with Gasteiger partial charge in [-0.3, -0.25) is 4.79 Å². The van der Waals surface area contributed by atoms with Crippen LogP contribution in [0, 0.1) is 0 Å². The first-order valence-corrected chi connectivity index (χ1v) is 6.50. The average molecular weight is 305 g/mol. The van der Waals surface area contributed by atoms with E-state index in [0.717, 1.165) is 17.3 Å². The Labute approximate surface area is 110 Å². The Morgan fingerprint density at radius 2 is 2.06 bits per heavy atom. The molecule has 1 atom stereocenters. The predicted molar refractivity (Wildman–Crippen MR) is 71.0 cm³/mol. The van der Waals surface area contributed by atoms with Crippen LogP contribution in [-0.2, 0) is 0 Å². The van der Waals surface area contributed by atoms with E-state index in [1.807, 2.05) is 19.1 Å². The molecule has 0 aliphatic rings. The van der Waals surface area contributed by atoms with Crippen LogP contribution in [-0.4, -0.2) is 17.8 Å². The van der Waals surface area contributed by atoms with Crippen LogP contribution >= 0.6 is 27.5 Å². The van der Waals surface area contributed by atoms with Gasteiger partial charge >= 0.3 is 0 Å². The average Bonchev–Trinajstić information content (AvgIpc) is 2.25. The number of hydrogen-bond donors (Lipinski definition) is 1. The molecule has 16 heavy (non-hydrogen) atoms. The summed E-state index contributed by atoms with van der Waals surface area (Å²) >= 11 is 9.14. The van der Waals surface area contributed by atoms with Crippen molar-refractivity contribution in [1.82, 2.24) is 5.32 Å². The summed E-state index contributed by atoms with van der Waals surface area (Å²) in [5.74, 6) is -0.0327. The van der Waals surface area contributed by atoms with Gasteiger partial charge in [-0.2, -0.15) is 0 Å². The number of carbonyl (C=O) groups excluding carboxylic acids is 1. The van der Waals surface area contributed by atoms with Crippen LogP contribution in [0.4, 0.5) is 0 Å². The zero-order chi connectivity index (χ0) is 12.0. The van der Waals surface area contributed by atoms with Crippen LogP contribution in [0.1, 0.15) is 30.1 Å². The largest absolute Gasteiger partial charge is 0.352 e. The lowest BCUT2D eigenvalue weighted by Gasteiger charge is -2.06. The maximum atomic E-state index is 11.6. The van der Waals surface area contributed by atoms with Gasteiger partial charge in [0.05, 0.1) is 0 Å². The van der Waals surface area contributed by atoms with E-state index in [-0.39, 0.29) is 11.3 Å². The first-order valence-electron chi connectivity index (χ1n) is 5.27. The van der Waals surface area contributed by atoms with Crippen molar-refractivity contribution in [2.45, 2.75) is 25.1 Å². The summed E-state index contributed by atoms with van der Waals surface area (Å²) in [7, 11) is 0. The van der Waals surface area contributed by atoms with Gasteiger partial charge in [-0.1, -0.05) is 15.9 Å². The quantitative estimate of drug-likeness (QED) is 0.654. The van der Waals surface area contributed by atoms with Crippen LogP contribution in [0.3, 0.4) is 0 Å². The third-order valence-electron chi connectivity index (χ3n) is 2.17. The van der Waals surface area contributed by atoms with Crippen molar-refractivity contribution >= 4 is 33.4 Å². The van der Waals surface area contributed by atoms with Crippen molar-refractivity contribution in [2.75, 3.05) is 6.54 Å². The summed E-state index contributed by atoms with van der Waals surface area (Å²) in [5.41, 5.74) is 0.683. The smallest absolute Gasteiger partial charge is 0.251 e. The molecule has 0 radical (unpaired) electrons. The number of carbonyl (C=O) groups is 1. The molecule has 0 aliphatic carbocycles. The SMILES string of the molecule is CC(Cl)CCCNC(=O)c1ccc(Br)cc1. The zero-order valence-corrected chi connectivity index (χ0v) is 11.5. The lowest BCUT2D eigenvalue weighted by molar-refractivity contribution is 0.0953. The minimum atomic E-state index is -0.0327. The first kappa shape index (κ1) is 13.5. The molecule has 0 fully saturated rings. The Balaban J connectivity index is 2.32. The highest BCUT2D eigenvalue weighted by atomic mass is 79.9. The van der Waals surface area contributed by atoms with E-state index in [9.17, 15) is 4.79 Å². The molecule has 1 amide bonds. The van der Waals surface area contributed by atoms with Crippen molar-refractivity contribution in [1.29, 1.82) is 0 Å². The van der Waals surface area contributed by atoms with Crippen LogP contribution in [0.5, 0.6) is 0 Å². The van der Waals surface area contributed by atoms with Crippen molar-refractivity contribution in [2.24, 2.45) is 0 Å². The monoisotopic (exact) mass is 303 g/mol. The van der Waals surface area contributed by atoms with Crippen molar-refractivity contribution < 1.29 is 4.79 Å². The van der Waals surface area contributed by atoms with Gasteiger partial charge in [0.15, 0.2) is 0 Å². The fourth-order valence-corrected chi connectivity index (χ4v) is 1.71. The second-order valence-electron chi connectivity index (χ2n) is 3.69. The molecule has 1 rings (SSSR count). The van der Waals surface area contributed by atoms with Gasteiger partial charge in [0.1, 0.15) is 0 Å². The van der Waals surface area contributed by atoms with E-state index in [0.29, 0.717) is 12.1 Å². The molecule has 0 heterocycles. The molecule has 1 N–H and O–H groups in total. The van der Waals surface area contributed by atoms with Crippen LogP contribution in [0.25, 0.3) is 0 Å². The molecule has 0 bridgehead atoms. The van der Waals surface area contributed by atoms with Gasteiger partial charge in [-0.05, 0) is 44.0 Å². The molecule has 1 aromatic rings. The van der Waals surface area contributed by atoms with Crippen molar-refractivity contribution in [3.63, 3.8) is 0 Å². The van der Waals surface area contributed by atoms with E-state index in [4.69, 9.17) is 11.6 Å². The van der Waals surface area contributed by atoms with Crippen molar-refractivity contribution in [3.05, 3.63) is 34.3 Å². The van der Waals surface area contributed by atoms with Crippen molar-refractivity contribution in [3.8, 4) is 0 Å². The number of halogens is 2. The summed E-state index contributed by atoms with van der Waals surface area (Å²) in [6.07, 6.45) is 1.83. The number of rotatable bonds is 5. The third-order valence-corrected chi connectivity index (χ3v) is 2.92. The number of amides is 1. The standard InChI is InChI=1S/C12H15BrClNO/c1-9(14)3-2-8-15-12(16)10-4-6-11(13)7-5-10/h4-7,9H,2-3,8H2,1H3,(H,15,16). The van der Waals surface area contributed by atoms with E-state index in [1.165, 1.54) is 0 Å². The Kier molecular flexibility index (Phi) is 5.85. The van der Waals surface area contributed by atoms with Crippen LogP contribution < -0.4 is 5.32 Å². The highest BCUT2D eigenvalue weighted by molar-refractivity contribution is 9.10. The van der Waals surface area contributed by atoms with E-state index < -0.39 is 0 Å².